The third-order valence-corrected chi connectivity index (χ3v) is 2.44. The number of hydrogen-bond donors (Lipinski definition) is 2. The van der Waals surface area contributed by atoms with Gasteiger partial charge in [-0.1, -0.05) is 13.8 Å². The summed E-state index contributed by atoms with van der Waals surface area (Å²) in [6, 6.07) is 0. The first-order valence-electron chi connectivity index (χ1n) is 3.83. The Morgan fingerprint density at radius 2 is 2.18 bits per heavy atom. The molecule has 64 valence electrons. The van der Waals surface area contributed by atoms with Crippen molar-refractivity contribution in [1.82, 2.24) is 0 Å². The minimum Gasteiger partial charge on any atom is -0.481 e. The van der Waals surface area contributed by atoms with E-state index in [2.05, 4.69) is 0 Å². The second-order valence-electron chi connectivity index (χ2n) is 3.96. The highest BCUT2D eigenvalue weighted by molar-refractivity contribution is 5.67. The molecule has 0 aliphatic heterocycles. The van der Waals surface area contributed by atoms with Gasteiger partial charge in [0.1, 0.15) is 0 Å². The molecule has 1 aliphatic carbocycles. The maximum atomic E-state index is 10.2. The van der Waals surface area contributed by atoms with Gasteiger partial charge in [-0.25, -0.2) is 0 Å². The van der Waals surface area contributed by atoms with E-state index in [1.165, 1.54) is 0 Å². The topological polar surface area (TPSA) is 57.5 Å². The van der Waals surface area contributed by atoms with E-state index in [0.717, 1.165) is 6.42 Å². The van der Waals surface area contributed by atoms with Crippen LogP contribution in [0.1, 0.15) is 26.7 Å². The van der Waals surface area contributed by atoms with Crippen molar-refractivity contribution < 1.29 is 15.0 Å². The summed E-state index contributed by atoms with van der Waals surface area (Å²) in [6.07, 6.45) is 0.178. The largest absolute Gasteiger partial charge is 0.481 e. The molecule has 0 bridgehead atoms. The van der Waals surface area contributed by atoms with Crippen molar-refractivity contribution in [1.29, 1.82) is 0 Å². The number of rotatable bonds is 3. The van der Waals surface area contributed by atoms with Crippen LogP contribution in [0.4, 0.5) is 0 Å². The Hall–Kier alpha value is -0.570. The lowest BCUT2D eigenvalue weighted by Crippen LogP contribution is -2.17. The molecule has 1 aliphatic rings. The first-order valence-corrected chi connectivity index (χ1v) is 3.83. The molecule has 2 atom stereocenters. The van der Waals surface area contributed by atoms with Crippen molar-refractivity contribution in [3.63, 3.8) is 0 Å². The number of aliphatic hydroxyl groups excluding tert-OH is 1. The first kappa shape index (κ1) is 8.53. The molecule has 2 N–H and O–H groups in total. The molecule has 1 rings (SSSR count). The highest BCUT2D eigenvalue weighted by Crippen LogP contribution is 2.54. The van der Waals surface area contributed by atoms with Crippen LogP contribution >= 0.6 is 0 Å². The highest BCUT2D eigenvalue weighted by Gasteiger charge is 2.49. The number of carboxylic acids is 1. The molecule has 0 aromatic carbocycles. The van der Waals surface area contributed by atoms with E-state index in [9.17, 15) is 9.90 Å². The van der Waals surface area contributed by atoms with Gasteiger partial charge in [0.2, 0.25) is 0 Å². The van der Waals surface area contributed by atoms with Gasteiger partial charge in [0.05, 0.1) is 12.5 Å². The number of carboxylic acid groups (broad SMARTS) is 1. The Labute approximate surface area is 66.0 Å². The molecule has 2 unspecified atom stereocenters. The predicted molar refractivity (Wildman–Crippen MR) is 40.1 cm³/mol. The van der Waals surface area contributed by atoms with Crippen LogP contribution in [0.3, 0.4) is 0 Å². The van der Waals surface area contributed by atoms with Gasteiger partial charge in [0, 0.05) is 0 Å². The van der Waals surface area contributed by atoms with Gasteiger partial charge in [-0.3, -0.25) is 4.79 Å². The van der Waals surface area contributed by atoms with Crippen LogP contribution in [0, 0.1) is 11.3 Å². The van der Waals surface area contributed by atoms with E-state index in [1.54, 1.807) is 0 Å². The van der Waals surface area contributed by atoms with Crippen molar-refractivity contribution in [2.24, 2.45) is 11.3 Å². The summed E-state index contributed by atoms with van der Waals surface area (Å²) in [4.78, 5) is 10.2. The molecule has 1 saturated carbocycles. The smallest absolute Gasteiger partial charge is 0.305 e. The summed E-state index contributed by atoms with van der Waals surface area (Å²) in [5, 5.41) is 17.7. The summed E-state index contributed by atoms with van der Waals surface area (Å²) in [6.45, 7) is 4.09. The van der Waals surface area contributed by atoms with E-state index in [-0.39, 0.29) is 17.8 Å². The molecule has 0 radical (unpaired) electrons. The molecule has 0 aromatic rings. The highest BCUT2D eigenvalue weighted by atomic mass is 16.4. The Balaban J connectivity index is 2.34. The van der Waals surface area contributed by atoms with Gasteiger partial charge in [0.25, 0.3) is 0 Å². The molecular weight excluding hydrogens is 144 g/mol. The van der Waals surface area contributed by atoms with Crippen LogP contribution in [0.25, 0.3) is 0 Å². The van der Waals surface area contributed by atoms with Crippen LogP contribution < -0.4 is 0 Å². The Morgan fingerprint density at radius 3 is 2.45 bits per heavy atom. The van der Waals surface area contributed by atoms with E-state index < -0.39 is 12.1 Å². The van der Waals surface area contributed by atoms with Gasteiger partial charge < -0.3 is 10.2 Å². The van der Waals surface area contributed by atoms with Crippen LogP contribution in [0.2, 0.25) is 0 Å². The van der Waals surface area contributed by atoms with Gasteiger partial charge in [-0.2, -0.15) is 0 Å². The summed E-state index contributed by atoms with van der Waals surface area (Å²) in [7, 11) is 0. The van der Waals surface area contributed by atoms with Gasteiger partial charge in [-0.05, 0) is 17.8 Å². The third-order valence-electron chi connectivity index (χ3n) is 2.44. The predicted octanol–water partition coefficient (Wildman–Crippen LogP) is 0.868. The van der Waals surface area contributed by atoms with Crippen molar-refractivity contribution in [3.05, 3.63) is 0 Å². The molecule has 3 heteroatoms. The van der Waals surface area contributed by atoms with Crippen LogP contribution in [-0.2, 0) is 4.79 Å². The molecule has 0 saturated heterocycles. The third kappa shape index (κ3) is 1.93. The maximum Gasteiger partial charge on any atom is 0.305 e. The fourth-order valence-corrected chi connectivity index (χ4v) is 1.49. The number of hydrogen-bond acceptors (Lipinski definition) is 2. The zero-order chi connectivity index (χ0) is 8.65. The van der Waals surface area contributed by atoms with E-state index in [4.69, 9.17) is 5.11 Å². The number of aliphatic hydroxyl groups is 1. The lowest BCUT2D eigenvalue weighted by atomic mass is 10.0. The zero-order valence-corrected chi connectivity index (χ0v) is 6.87. The molecular formula is C8H14O3. The van der Waals surface area contributed by atoms with Gasteiger partial charge in [-0.15, -0.1) is 0 Å². The van der Waals surface area contributed by atoms with Crippen molar-refractivity contribution >= 4 is 5.97 Å². The Kier molecular flexibility index (Phi) is 1.92. The SMILES string of the molecule is CC1(C)CC1C(O)CC(=O)O. The monoisotopic (exact) mass is 158 g/mol. The van der Waals surface area contributed by atoms with Crippen LogP contribution in [0.5, 0.6) is 0 Å². The molecule has 0 aromatic heterocycles. The minimum atomic E-state index is -0.916. The maximum absolute atomic E-state index is 10.2. The lowest BCUT2D eigenvalue weighted by Gasteiger charge is -2.08. The normalized spacial score (nSPS) is 29.5. The van der Waals surface area contributed by atoms with Crippen LogP contribution in [0.15, 0.2) is 0 Å². The van der Waals surface area contributed by atoms with Crippen molar-refractivity contribution in [3.8, 4) is 0 Å². The Bertz CT molecular complexity index is 174. The summed E-state index contributed by atoms with van der Waals surface area (Å²) in [5.74, 6) is -0.723. The molecule has 0 amide bonds. The average Bonchev–Trinajstić information content (AvgIpc) is 2.38. The van der Waals surface area contributed by atoms with Gasteiger partial charge >= 0.3 is 5.97 Å². The molecule has 1 fully saturated rings. The van der Waals surface area contributed by atoms with Crippen molar-refractivity contribution in [2.75, 3.05) is 0 Å². The number of aliphatic carboxylic acids is 1. The van der Waals surface area contributed by atoms with Gasteiger partial charge in [0.15, 0.2) is 0 Å². The first-order chi connectivity index (χ1) is 4.93. The Morgan fingerprint density at radius 1 is 1.73 bits per heavy atom. The van der Waals surface area contributed by atoms with E-state index in [0.29, 0.717) is 0 Å². The lowest BCUT2D eigenvalue weighted by molar-refractivity contribution is -0.139. The molecule has 3 nitrogen and oxygen atoms in total. The van der Waals surface area contributed by atoms with E-state index >= 15 is 0 Å². The fourth-order valence-electron chi connectivity index (χ4n) is 1.49. The second-order valence-corrected chi connectivity index (χ2v) is 3.96. The standard InChI is InChI=1S/C8H14O3/c1-8(2)4-5(8)6(9)3-7(10)11/h5-6,9H,3-4H2,1-2H3,(H,10,11). The number of carbonyl (C=O) groups is 1. The van der Waals surface area contributed by atoms with Crippen molar-refractivity contribution in [2.45, 2.75) is 32.8 Å². The average molecular weight is 158 g/mol. The second kappa shape index (κ2) is 2.48. The van der Waals surface area contributed by atoms with E-state index in [1.807, 2.05) is 13.8 Å². The van der Waals surface area contributed by atoms with Crippen LogP contribution in [-0.4, -0.2) is 22.3 Å². The zero-order valence-electron chi connectivity index (χ0n) is 6.87. The summed E-state index contributed by atoms with van der Waals surface area (Å²) >= 11 is 0. The molecule has 0 spiro atoms. The molecule has 0 heterocycles. The fraction of sp³-hybridized carbons (Fsp3) is 0.875. The quantitative estimate of drug-likeness (QED) is 0.640. The minimum absolute atomic E-state index is 0.117. The summed E-state index contributed by atoms with van der Waals surface area (Å²) < 4.78 is 0. The summed E-state index contributed by atoms with van der Waals surface area (Å²) in [5.41, 5.74) is 0.162. The molecule has 11 heavy (non-hydrogen) atoms.